The minimum Gasteiger partial charge on any atom is -0.477 e. The largest absolute Gasteiger partial charge is 0.477 e. The standard InChI is InChI=1S/C18H19N5O4.C17H17N5O4/c1-21-7-6-15(24)13(10-21)20-18(26)23-11-5-8-22(9-11)14-4-3-12(17(25)27-2)19-16(14)23;1-20-6-5-14(23)12(9-20)19-17(26)22-10-4-7-21(8-10)13-3-2-11(16(24)25)18-15(13)22/h3-4,6-7,10-11H,5,8-9H2,1-2H3,(H,20,26);2-3,5-6,9-10H,4,7-8H2,1H3,(H,19,26)(H,24,25)/t11-;10-/m00/s1. The first kappa shape index (κ1) is 34.7. The Morgan fingerprint density at radius 3 is 1.62 bits per heavy atom. The highest BCUT2D eigenvalue weighted by atomic mass is 16.5. The molecule has 4 aliphatic rings. The Bertz CT molecular complexity index is 2270. The number of urea groups is 2. The Morgan fingerprint density at radius 1 is 0.717 bits per heavy atom. The van der Waals surface area contributed by atoms with Crippen molar-refractivity contribution in [2.75, 3.05) is 63.5 Å². The summed E-state index contributed by atoms with van der Waals surface area (Å²) in [7, 11) is 4.80. The number of hydrogen-bond acceptors (Lipinski definition) is 11. The van der Waals surface area contributed by atoms with Gasteiger partial charge < -0.3 is 39.4 Å². The molecule has 2 atom stereocenters. The molecule has 8 rings (SSSR count). The number of carboxylic acids is 1. The fourth-order valence-corrected chi connectivity index (χ4v) is 6.99. The lowest BCUT2D eigenvalue weighted by atomic mass is 10.1. The van der Waals surface area contributed by atoms with E-state index in [0.29, 0.717) is 24.7 Å². The van der Waals surface area contributed by atoms with Crippen LogP contribution >= 0.6 is 0 Å². The molecule has 4 amide bonds. The summed E-state index contributed by atoms with van der Waals surface area (Å²) in [6, 6.07) is 8.11. The normalized spacial score (nSPS) is 17.6. The van der Waals surface area contributed by atoms with Gasteiger partial charge in [-0.2, -0.15) is 0 Å². The van der Waals surface area contributed by atoms with E-state index in [1.807, 2.05) is 0 Å². The number of nitrogens with one attached hydrogen (secondary N) is 2. The van der Waals surface area contributed by atoms with Crippen molar-refractivity contribution >= 4 is 58.4 Å². The van der Waals surface area contributed by atoms with Gasteiger partial charge in [-0.05, 0) is 37.1 Å². The van der Waals surface area contributed by atoms with Crippen LogP contribution in [-0.4, -0.2) is 93.6 Å². The quantitative estimate of drug-likeness (QED) is 0.260. The second-order valence-corrected chi connectivity index (χ2v) is 13.0. The summed E-state index contributed by atoms with van der Waals surface area (Å²) in [6.45, 7) is 2.91. The number of rotatable bonds is 4. The number of aromatic nitrogens is 4. The molecule has 274 valence electrons. The summed E-state index contributed by atoms with van der Waals surface area (Å²) >= 11 is 0. The van der Waals surface area contributed by atoms with Gasteiger partial charge in [0.1, 0.15) is 11.4 Å². The number of pyridine rings is 4. The lowest BCUT2D eigenvalue weighted by molar-refractivity contribution is 0.0593. The summed E-state index contributed by atoms with van der Waals surface area (Å²) in [4.78, 5) is 88.9. The lowest BCUT2D eigenvalue weighted by Crippen LogP contribution is -2.48. The molecule has 4 aromatic heterocycles. The van der Waals surface area contributed by atoms with Gasteiger partial charge in [-0.15, -0.1) is 0 Å². The van der Waals surface area contributed by atoms with Gasteiger partial charge in [-0.25, -0.2) is 29.1 Å². The summed E-state index contributed by atoms with van der Waals surface area (Å²) in [5, 5.41) is 14.5. The number of amides is 4. The number of carbonyl (C=O) groups is 4. The fourth-order valence-electron chi connectivity index (χ4n) is 6.99. The number of nitrogens with zero attached hydrogens (tertiary/aromatic N) is 8. The Labute approximate surface area is 301 Å². The second-order valence-electron chi connectivity index (χ2n) is 13.0. The molecule has 0 spiro atoms. The van der Waals surface area contributed by atoms with Gasteiger partial charge in [-0.1, -0.05) is 0 Å². The van der Waals surface area contributed by atoms with Crippen molar-refractivity contribution in [2.24, 2.45) is 14.1 Å². The van der Waals surface area contributed by atoms with Gasteiger partial charge in [0.05, 0.1) is 30.6 Å². The van der Waals surface area contributed by atoms with E-state index in [1.165, 1.54) is 41.3 Å². The van der Waals surface area contributed by atoms with Crippen molar-refractivity contribution in [3.05, 3.63) is 93.0 Å². The first-order valence-corrected chi connectivity index (χ1v) is 16.8. The maximum absolute atomic E-state index is 13.0. The van der Waals surface area contributed by atoms with Crippen molar-refractivity contribution in [1.82, 2.24) is 19.1 Å². The van der Waals surface area contributed by atoms with Crippen LogP contribution in [0.3, 0.4) is 0 Å². The van der Waals surface area contributed by atoms with Crippen molar-refractivity contribution in [3.63, 3.8) is 0 Å². The van der Waals surface area contributed by atoms with Crippen LogP contribution in [0.2, 0.25) is 0 Å². The van der Waals surface area contributed by atoms with Gasteiger partial charge >= 0.3 is 24.0 Å². The van der Waals surface area contributed by atoms with E-state index in [1.54, 1.807) is 60.0 Å². The maximum atomic E-state index is 13.0. The number of aryl methyl sites for hydroxylation is 2. The van der Waals surface area contributed by atoms with Crippen LogP contribution in [0.15, 0.2) is 70.8 Å². The zero-order valence-electron chi connectivity index (χ0n) is 29.1. The second kappa shape index (κ2) is 13.8. The zero-order valence-corrected chi connectivity index (χ0v) is 29.1. The Kier molecular flexibility index (Phi) is 9.02. The van der Waals surface area contributed by atoms with E-state index in [4.69, 9.17) is 4.74 Å². The molecular formula is C35H36N10O8. The van der Waals surface area contributed by atoms with Gasteiger partial charge in [0.25, 0.3) is 0 Å². The first-order chi connectivity index (χ1) is 25.4. The molecule has 8 heterocycles. The number of hydrogen-bond donors (Lipinski definition) is 3. The molecule has 0 aliphatic carbocycles. The average molecular weight is 725 g/mol. The van der Waals surface area contributed by atoms with Crippen LogP contribution in [0.25, 0.3) is 0 Å². The van der Waals surface area contributed by atoms with E-state index in [2.05, 4.69) is 30.4 Å². The highest BCUT2D eigenvalue weighted by molar-refractivity contribution is 6.06. The van der Waals surface area contributed by atoms with Crippen molar-refractivity contribution in [1.29, 1.82) is 0 Å². The third-order valence-electron chi connectivity index (χ3n) is 9.56. The molecule has 2 saturated heterocycles. The predicted molar refractivity (Wildman–Crippen MR) is 194 cm³/mol. The molecule has 0 saturated carbocycles. The van der Waals surface area contributed by atoms with Crippen molar-refractivity contribution in [3.8, 4) is 0 Å². The molecule has 3 N–H and O–H groups in total. The number of ether oxygens (including phenoxy) is 1. The summed E-state index contributed by atoms with van der Waals surface area (Å²) < 4.78 is 8.09. The molecular weight excluding hydrogens is 688 g/mol. The first-order valence-electron chi connectivity index (χ1n) is 16.8. The summed E-state index contributed by atoms with van der Waals surface area (Å²) in [5.74, 6) is -1.01. The number of carboxylic acid groups (broad SMARTS) is 1. The van der Waals surface area contributed by atoms with E-state index in [-0.39, 0.29) is 45.7 Å². The molecule has 0 aromatic carbocycles. The lowest BCUT2D eigenvalue weighted by Gasteiger charge is -2.35. The van der Waals surface area contributed by atoms with Gasteiger partial charge in [0, 0.05) is 77.2 Å². The third-order valence-corrected chi connectivity index (χ3v) is 9.56. The zero-order chi connectivity index (χ0) is 37.6. The number of aromatic carboxylic acids is 1. The highest BCUT2D eigenvalue weighted by Gasteiger charge is 2.42. The van der Waals surface area contributed by atoms with E-state index < -0.39 is 24.0 Å². The monoisotopic (exact) mass is 724 g/mol. The van der Waals surface area contributed by atoms with Crippen LogP contribution < -0.4 is 41.1 Å². The number of anilines is 6. The number of esters is 1. The molecule has 4 aliphatic heterocycles. The molecule has 0 unspecified atom stereocenters. The van der Waals surface area contributed by atoms with Gasteiger partial charge in [0.15, 0.2) is 23.0 Å². The Hall–Kier alpha value is -6.72. The molecule has 4 aromatic rings. The van der Waals surface area contributed by atoms with Crippen LogP contribution in [0.5, 0.6) is 0 Å². The van der Waals surface area contributed by atoms with E-state index in [0.717, 1.165) is 37.3 Å². The predicted octanol–water partition coefficient (Wildman–Crippen LogP) is 2.31. The van der Waals surface area contributed by atoms with E-state index >= 15 is 0 Å². The minimum absolute atomic E-state index is 0.0783. The summed E-state index contributed by atoms with van der Waals surface area (Å²) in [5.41, 5.74) is 1.30. The van der Waals surface area contributed by atoms with Gasteiger partial charge in [-0.3, -0.25) is 19.4 Å². The SMILES string of the molecule is COC(=O)c1ccc2c(n1)N(C(=O)Nc1cn(C)ccc1=O)[C@H]1CCN2C1.Cn1ccc(=O)c(NC(=O)N2c3nc(C(=O)O)ccc3N3CC[C@H]2C3)c1. The Morgan fingerprint density at radius 2 is 1.17 bits per heavy atom. The Balaban J connectivity index is 0.000000164. The molecule has 53 heavy (non-hydrogen) atoms. The number of methoxy groups -OCH3 is 1. The average Bonchev–Trinajstić information content (AvgIpc) is 3.76. The van der Waals surface area contributed by atoms with Crippen molar-refractivity contribution in [2.45, 2.75) is 24.9 Å². The highest BCUT2D eigenvalue weighted by Crippen LogP contribution is 2.40. The number of fused-ring (bicyclic) bond motifs is 8. The van der Waals surface area contributed by atoms with Crippen LogP contribution in [0, 0.1) is 0 Å². The molecule has 18 heteroatoms. The van der Waals surface area contributed by atoms with Crippen LogP contribution in [0.4, 0.5) is 44.0 Å². The third kappa shape index (κ3) is 6.61. The maximum Gasteiger partial charge on any atom is 0.356 e. The smallest absolute Gasteiger partial charge is 0.356 e. The molecule has 2 fully saturated rings. The van der Waals surface area contributed by atoms with Crippen LogP contribution in [0.1, 0.15) is 33.8 Å². The minimum atomic E-state index is -1.15. The summed E-state index contributed by atoms with van der Waals surface area (Å²) in [6.07, 6.45) is 7.84. The van der Waals surface area contributed by atoms with E-state index in [9.17, 15) is 33.9 Å². The number of carbonyl (C=O) groups excluding carboxylic acids is 3. The fraction of sp³-hybridized carbons (Fsp3) is 0.314. The molecule has 18 nitrogen and oxygen atoms in total. The van der Waals surface area contributed by atoms with Crippen molar-refractivity contribution < 1.29 is 29.0 Å². The molecule has 4 bridgehead atoms. The van der Waals surface area contributed by atoms with Gasteiger partial charge in [0.2, 0.25) is 10.9 Å². The molecule has 0 radical (unpaired) electrons. The van der Waals surface area contributed by atoms with Crippen LogP contribution in [-0.2, 0) is 18.8 Å². The topological polar surface area (TPSA) is 205 Å².